The summed E-state index contributed by atoms with van der Waals surface area (Å²) in [6.45, 7) is 3.02. The van der Waals surface area contributed by atoms with Crippen LogP contribution in [0.4, 0.5) is 4.79 Å². The van der Waals surface area contributed by atoms with Crippen LogP contribution in [0.3, 0.4) is 0 Å². The van der Waals surface area contributed by atoms with Gasteiger partial charge in [0.25, 0.3) is 0 Å². The van der Waals surface area contributed by atoms with E-state index < -0.39 is 6.09 Å². The first-order chi connectivity index (χ1) is 4.31. The highest BCUT2D eigenvalue weighted by molar-refractivity contribution is 5.67. The first-order valence-corrected chi connectivity index (χ1v) is 2.63. The lowest BCUT2D eigenvalue weighted by atomic mass is 10.7. The molecule has 53 valence electrons. The highest BCUT2D eigenvalue weighted by atomic mass is 16.6. The Balaban J connectivity index is 3.06. The minimum absolute atomic E-state index is 0.0413. The fraction of sp³-hybridized carbons (Fsp3) is 0.600. The van der Waals surface area contributed by atoms with Gasteiger partial charge in [-0.25, -0.2) is 4.79 Å². The SMILES string of the molecule is C[CH]NC(=O)OCCO. The molecule has 0 bridgehead atoms. The van der Waals surface area contributed by atoms with E-state index in [9.17, 15) is 4.79 Å². The lowest BCUT2D eigenvalue weighted by molar-refractivity contribution is 0.121. The van der Waals surface area contributed by atoms with Crippen LogP contribution in [0.15, 0.2) is 0 Å². The van der Waals surface area contributed by atoms with Gasteiger partial charge in [-0.05, 0) is 6.92 Å². The number of carbonyl (C=O) groups is 1. The second-order valence-electron chi connectivity index (χ2n) is 1.29. The maximum Gasteiger partial charge on any atom is 0.407 e. The fourth-order valence-electron chi connectivity index (χ4n) is 0.298. The molecule has 0 unspecified atom stereocenters. The Hall–Kier alpha value is -0.770. The number of nitrogens with one attached hydrogen (secondary N) is 1. The zero-order valence-electron chi connectivity index (χ0n) is 5.26. The summed E-state index contributed by atoms with van der Waals surface area (Å²) in [6.07, 6.45) is -0.536. The van der Waals surface area contributed by atoms with E-state index in [-0.39, 0.29) is 13.2 Å². The first-order valence-electron chi connectivity index (χ1n) is 2.63. The summed E-state index contributed by atoms with van der Waals surface area (Å²) in [6, 6.07) is 0. The van der Waals surface area contributed by atoms with E-state index in [1.165, 1.54) is 6.54 Å². The average Bonchev–Trinajstić information content (AvgIpc) is 1.85. The van der Waals surface area contributed by atoms with Crippen LogP contribution in [0.1, 0.15) is 6.92 Å². The number of aliphatic hydroxyl groups is 1. The van der Waals surface area contributed by atoms with E-state index in [1.54, 1.807) is 6.92 Å². The summed E-state index contributed by atoms with van der Waals surface area (Å²) in [7, 11) is 0. The average molecular weight is 132 g/mol. The normalized spacial score (nSPS) is 8.67. The molecular formula is C5H10NO3. The largest absolute Gasteiger partial charge is 0.447 e. The molecule has 1 amide bonds. The van der Waals surface area contributed by atoms with Gasteiger partial charge in [-0.15, -0.1) is 0 Å². The number of aliphatic hydroxyl groups excluding tert-OH is 1. The van der Waals surface area contributed by atoms with Gasteiger partial charge in [0, 0.05) is 6.54 Å². The number of rotatable bonds is 3. The van der Waals surface area contributed by atoms with Crippen molar-refractivity contribution in [3.05, 3.63) is 6.54 Å². The Morgan fingerprint density at radius 1 is 1.89 bits per heavy atom. The Kier molecular flexibility index (Phi) is 4.91. The van der Waals surface area contributed by atoms with Crippen molar-refractivity contribution >= 4 is 6.09 Å². The molecule has 0 rings (SSSR count). The second kappa shape index (κ2) is 5.37. The molecule has 1 radical (unpaired) electrons. The Morgan fingerprint density at radius 3 is 3.00 bits per heavy atom. The van der Waals surface area contributed by atoms with Crippen molar-refractivity contribution in [3.63, 3.8) is 0 Å². The lowest BCUT2D eigenvalue weighted by Gasteiger charge is -2.00. The quantitative estimate of drug-likeness (QED) is 0.563. The molecule has 0 fully saturated rings. The number of hydrogen-bond acceptors (Lipinski definition) is 3. The predicted molar refractivity (Wildman–Crippen MR) is 31.5 cm³/mol. The summed E-state index contributed by atoms with van der Waals surface area (Å²) >= 11 is 0. The number of amides is 1. The maximum absolute atomic E-state index is 10.3. The van der Waals surface area contributed by atoms with Crippen molar-refractivity contribution in [2.24, 2.45) is 0 Å². The maximum atomic E-state index is 10.3. The summed E-state index contributed by atoms with van der Waals surface area (Å²) in [5.41, 5.74) is 0. The molecule has 9 heavy (non-hydrogen) atoms. The van der Waals surface area contributed by atoms with E-state index in [2.05, 4.69) is 10.1 Å². The molecule has 2 N–H and O–H groups in total. The molecule has 0 saturated heterocycles. The molecule has 0 aromatic rings. The summed E-state index contributed by atoms with van der Waals surface area (Å²) in [5.74, 6) is 0. The minimum Gasteiger partial charge on any atom is -0.447 e. The van der Waals surface area contributed by atoms with E-state index in [1.807, 2.05) is 0 Å². The van der Waals surface area contributed by atoms with Gasteiger partial charge in [-0.1, -0.05) is 0 Å². The fourth-order valence-corrected chi connectivity index (χ4v) is 0.298. The van der Waals surface area contributed by atoms with Crippen molar-refractivity contribution in [1.82, 2.24) is 5.32 Å². The highest BCUT2D eigenvalue weighted by Gasteiger charge is 1.95. The first kappa shape index (κ1) is 8.23. The molecule has 0 saturated carbocycles. The molecule has 0 aliphatic rings. The van der Waals surface area contributed by atoms with Crippen LogP contribution < -0.4 is 5.32 Å². The molecule has 0 heterocycles. The minimum atomic E-state index is -0.536. The van der Waals surface area contributed by atoms with Crippen LogP contribution in [-0.2, 0) is 4.74 Å². The monoisotopic (exact) mass is 132 g/mol. The second-order valence-corrected chi connectivity index (χ2v) is 1.29. The number of hydrogen-bond donors (Lipinski definition) is 2. The van der Waals surface area contributed by atoms with Crippen LogP contribution >= 0.6 is 0 Å². The topological polar surface area (TPSA) is 58.6 Å². The molecule has 0 aliphatic carbocycles. The van der Waals surface area contributed by atoms with Crippen molar-refractivity contribution in [3.8, 4) is 0 Å². The molecule has 0 spiro atoms. The van der Waals surface area contributed by atoms with Crippen LogP contribution in [0.5, 0.6) is 0 Å². The molecule has 0 aromatic carbocycles. The van der Waals surface area contributed by atoms with Gasteiger partial charge in [-0.2, -0.15) is 0 Å². The Bertz CT molecular complexity index is 84.3. The standard InChI is InChI=1S/C5H10NO3/c1-2-6-5(8)9-4-3-7/h2,7H,3-4H2,1H3,(H,6,8). The smallest absolute Gasteiger partial charge is 0.407 e. The van der Waals surface area contributed by atoms with Crippen LogP contribution in [0.2, 0.25) is 0 Å². The van der Waals surface area contributed by atoms with E-state index in [4.69, 9.17) is 5.11 Å². The Labute approximate surface area is 53.8 Å². The van der Waals surface area contributed by atoms with Gasteiger partial charge >= 0.3 is 6.09 Å². The van der Waals surface area contributed by atoms with Crippen molar-refractivity contribution < 1.29 is 14.6 Å². The van der Waals surface area contributed by atoms with Crippen molar-refractivity contribution in [2.75, 3.05) is 13.2 Å². The molecular weight excluding hydrogens is 122 g/mol. The number of carbonyl (C=O) groups excluding carboxylic acids is 1. The van der Waals surface area contributed by atoms with Gasteiger partial charge in [0.05, 0.1) is 6.61 Å². The third kappa shape index (κ3) is 5.10. The molecule has 4 nitrogen and oxygen atoms in total. The van der Waals surface area contributed by atoms with Gasteiger partial charge in [-0.3, -0.25) is 0 Å². The molecule has 0 aromatic heterocycles. The molecule has 0 atom stereocenters. The summed E-state index contributed by atoms with van der Waals surface area (Å²) in [5, 5.41) is 10.5. The zero-order valence-corrected chi connectivity index (χ0v) is 5.26. The van der Waals surface area contributed by atoms with Crippen LogP contribution in [0.25, 0.3) is 0 Å². The third-order valence-corrected chi connectivity index (χ3v) is 0.587. The van der Waals surface area contributed by atoms with Gasteiger partial charge in [0.15, 0.2) is 0 Å². The van der Waals surface area contributed by atoms with Gasteiger partial charge < -0.3 is 15.2 Å². The van der Waals surface area contributed by atoms with Crippen LogP contribution in [-0.4, -0.2) is 24.4 Å². The van der Waals surface area contributed by atoms with Crippen LogP contribution in [0, 0.1) is 6.54 Å². The lowest BCUT2D eigenvalue weighted by Crippen LogP contribution is -2.21. The number of alkyl carbamates (subject to hydrolysis) is 1. The molecule has 4 heteroatoms. The Morgan fingerprint density at radius 2 is 2.56 bits per heavy atom. The zero-order chi connectivity index (χ0) is 7.11. The number of ether oxygens (including phenoxy) is 1. The third-order valence-electron chi connectivity index (χ3n) is 0.587. The molecule has 0 aliphatic heterocycles. The van der Waals surface area contributed by atoms with E-state index in [0.717, 1.165) is 0 Å². The predicted octanol–water partition coefficient (Wildman–Crippen LogP) is -0.113. The van der Waals surface area contributed by atoms with Crippen molar-refractivity contribution in [1.29, 1.82) is 0 Å². The van der Waals surface area contributed by atoms with E-state index >= 15 is 0 Å². The van der Waals surface area contributed by atoms with Crippen molar-refractivity contribution in [2.45, 2.75) is 6.92 Å². The highest BCUT2D eigenvalue weighted by Crippen LogP contribution is 1.76. The van der Waals surface area contributed by atoms with E-state index in [0.29, 0.717) is 0 Å². The van der Waals surface area contributed by atoms with Gasteiger partial charge in [0.2, 0.25) is 0 Å². The summed E-state index contributed by atoms with van der Waals surface area (Å²) in [4.78, 5) is 10.3. The van der Waals surface area contributed by atoms with Gasteiger partial charge in [0.1, 0.15) is 6.61 Å². The summed E-state index contributed by atoms with van der Waals surface area (Å²) < 4.78 is 4.40.